The molecule has 0 saturated heterocycles. The second-order valence-electron chi connectivity index (χ2n) is 3.86. The first-order valence-electron chi connectivity index (χ1n) is 6.72. The van der Waals surface area contributed by atoms with E-state index in [1.165, 1.54) is 0 Å². The molecule has 0 radical (unpaired) electrons. The zero-order valence-electron chi connectivity index (χ0n) is 11.7. The van der Waals surface area contributed by atoms with Crippen molar-refractivity contribution < 1.29 is 0 Å². The summed E-state index contributed by atoms with van der Waals surface area (Å²) in [4.78, 5) is 13.0. The molecule has 3 nitrogen and oxygen atoms in total. The molecule has 0 amide bonds. The van der Waals surface area contributed by atoms with Crippen LogP contribution >= 0.6 is 0 Å². The van der Waals surface area contributed by atoms with Crippen LogP contribution in [0.25, 0.3) is 22.6 Å². The minimum Gasteiger partial charge on any atom is -0.256 e. The van der Waals surface area contributed by atoms with E-state index in [2.05, 4.69) is 15.0 Å². The topological polar surface area (TPSA) is 38.7 Å². The number of pyridine rings is 3. The molecule has 0 unspecified atom stereocenters. The quantitative estimate of drug-likeness (QED) is 0.694. The van der Waals surface area contributed by atoms with E-state index in [1.807, 2.05) is 62.4 Å². The van der Waals surface area contributed by atoms with Gasteiger partial charge in [0.2, 0.25) is 0 Å². The van der Waals surface area contributed by atoms with Crippen LogP contribution in [0.4, 0.5) is 0 Å². The molecule has 3 aromatic rings. The van der Waals surface area contributed by atoms with Crippen LogP contribution in [0.3, 0.4) is 0 Å². The largest absolute Gasteiger partial charge is 0.256 e. The molecule has 0 bridgehead atoms. The van der Waals surface area contributed by atoms with Gasteiger partial charge in [0.05, 0.1) is 17.1 Å². The van der Waals surface area contributed by atoms with Crippen LogP contribution in [-0.2, 0) is 0 Å². The summed E-state index contributed by atoms with van der Waals surface area (Å²) in [6.45, 7) is 4.00. The Balaban J connectivity index is 0.000000704. The zero-order chi connectivity index (χ0) is 14.2. The van der Waals surface area contributed by atoms with Crippen molar-refractivity contribution in [1.82, 2.24) is 15.0 Å². The summed E-state index contributed by atoms with van der Waals surface area (Å²) in [7, 11) is 0. The molecule has 3 heterocycles. The molecular weight excluding hydrogens is 246 g/mol. The molecule has 3 aromatic heterocycles. The fourth-order valence-corrected chi connectivity index (χ4v) is 1.78. The van der Waals surface area contributed by atoms with Gasteiger partial charge in [-0.3, -0.25) is 15.0 Å². The molecule has 0 N–H and O–H groups in total. The van der Waals surface area contributed by atoms with Crippen molar-refractivity contribution in [3.8, 4) is 22.6 Å². The normalized spacial score (nSPS) is 9.50. The Kier molecular flexibility index (Phi) is 4.95. The Labute approximate surface area is 119 Å². The second-order valence-corrected chi connectivity index (χ2v) is 3.86. The van der Waals surface area contributed by atoms with E-state index in [0.29, 0.717) is 0 Å². The lowest BCUT2D eigenvalue weighted by Crippen LogP contribution is -1.88. The number of nitrogens with zero attached hydrogens (tertiary/aromatic N) is 3. The monoisotopic (exact) mass is 263 g/mol. The lowest BCUT2D eigenvalue weighted by molar-refractivity contribution is 1.24. The molecule has 0 aliphatic rings. The van der Waals surface area contributed by atoms with Gasteiger partial charge in [0.1, 0.15) is 0 Å². The van der Waals surface area contributed by atoms with Crippen molar-refractivity contribution in [2.24, 2.45) is 0 Å². The average Bonchev–Trinajstić information content (AvgIpc) is 2.58. The number of rotatable bonds is 2. The molecule has 0 aromatic carbocycles. The lowest BCUT2D eigenvalue weighted by Gasteiger charge is -2.03. The minimum absolute atomic E-state index is 0.860. The van der Waals surface area contributed by atoms with Crippen LogP contribution in [0, 0.1) is 0 Å². The van der Waals surface area contributed by atoms with Crippen LogP contribution in [0.15, 0.2) is 67.1 Å². The van der Waals surface area contributed by atoms with Gasteiger partial charge in [0.15, 0.2) is 0 Å². The lowest BCUT2D eigenvalue weighted by atomic mass is 10.1. The smallest absolute Gasteiger partial charge is 0.0892 e. The van der Waals surface area contributed by atoms with Gasteiger partial charge in [0.25, 0.3) is 0 Å². The molecule has 100 valence electrons. The van der Waals surface area contributed by atoms with Gasteiger partial charge < -0.3 is 0 Å². The van der Waals surface area contributed by atoms with Gasteiger partial charge in [0, 0.05) is 24.2 Å². The van der Waals surface area contributed by atoms with Crippen molar-refractivity contribution in [2.75, 3.05) is 0 Å². The van der Waals surface area contributed by atoms with Crippen LogP contribution in [0.1, 0.15) is 13.8 Å². The maximum absolute atomic E-state index is 4.34. The van der Waals surface area contributed by atoms with Crippen molar-refractivity contribution in [3.05, 3.63) is 67.1 Å². The highest BCUT2D eigenvalue weighted by atomic mass is 14.8. The summed E-state index contributed by atoms with van der Waals surface area (Å²) in [6.07, 6.45) is 5.34. The highest BCUT2D eigenvalue weighted by molar-refractivity contribution is 5.65. The minimum atomic E-state index is 0.860. The molecule has 0 atom stereocenters. The van der Waals surface area contributed by atoms with Gasteiger partial charge in [-0.2, -0.15) is 0 Å². The number of hydrogen-bond acceptors (Lipinski definition) is 3. The van der Waals surface area contributed by atoms with Gasteiger partial charge >= 0.3 is 0 Å². The molecule has 0 spiro atoms. The number of aromatic nitrogens is 3. The molecule has 20 heavy (non-hydrogen) atoms. The van der Waals surface area contributed by atoms with Gasteiger partial charge in [-0.1, -0.05) is 26.0 Å². The van der Waals surface area contributed by atoms with Crippen LogP contribution in [0.2, 0.25) is 0 Å². The first kappa shape index (κ1) is 13.9. The maximum Gasteiger partial charge on any atom is 0.0892 e. The highest BCUT2D eigenvalue weighted by Crippen LogP contribution is 2.21. The van der Waals surface area contributed by atoms with Crippen molar-refractivity contribution >= 4 is 0 Å². The fourth-order valence-electron chi connectivity index (χ4n) is 1.78. The second kappa shape index (κ2) is 7.14. The summed E-state index contributed by atoms with van der Waals surface area (Å²) < 4.78 is 0. The zero-order valence-corrected chi connectivity index (χ0v) is 11.7. The Morgan fingerprint density at radius 1 is 0.600 bits per heavy atom. The molecule has 3 rings (SSSR count). The third-order valence-corrected chi connectivity index (χ3v) is 2.65. The molecule has 3 heteroatoms. The van der Waals surface area contributed by atoms with E-state index < -0.39 is 0 Å². The molecule has 0 aliphatic carbocycles. The van der Waals surface area contributed by atoms with Gasteiger partial charge in [-0.25, -0.2) is 0 Å². The third kappa shape index (κ3) is 3.26. The highest BCUT2D eigenvalue weighted by Gasteiger charge is 2.03. The summed E-state index contributed by atoms with van der Waals surface area (Å²) in [5.74, 6) is 0. The van der Waals surface area contributed by atoms with E-state index in [9.17, 15) is 0 Å². The van der Waals surface area contributed by atoms with Crippen LogP contribution < -0.4 is 0 Å². The summed E-state index contributed by atoms with van der Waals surface area (Å²) >= 11 is 0. The van der Waals surface area contributed by atoms with E-state index in [0.717, 1.165) is 22.6 Å². The van der Waals surface area contributed by atoms with Crippen molar-refractivity contribution in [3.63, 3.8) is 0 Å². The van der Waals surface area contributed by atoms with Crippen molar-refractivity contribution in [1.29, 1.82) is 0 Å². The van der Waals surface area contributed by atoms with E-state index >= 15 is 0 Å². The van der Waals surface area contributed by atoms with Crippen LogP contribution in [0.5, 0.6) is 0 Å². The Bertz CT molecular complexity index is 582. The Morgan fingerprint density at radius 2 is 1.20 bits per heavy atom. The first-order valence-corrected chi connectivity index (χ1v) is 6.72. The van der Waals surface area contributed by atoms with E-state index in [4.69, 9.17) is 0 Å². The van der Waals surface area contributed by atoms with Crippen LogP contribution in [-0.4, -0.2) is 15.0 Å². The van der Waals surface area contributed by atoms with E-state index in [1.54, 1.807) is 18.6 Å². The SMILES string of the molecule is CC.c1ccc(-c2ccnc(-c3ccccn3)c2)nc1. The van der Waals surface area contributed by atoms with Crippen molar-refractivity contribution in [2.45, 2.75) is 13.8 Å². The molecule has 0 aliphatic heterocycles. The third-order valence-electron chi connectivity index (χ3n) is 2.65. The Hall–Kier alpha value is -2.55. The summed E-state index contributed by atoms with van der Waals surface area (Å²) in [5, 5.41) is 0. The first-order chi connectivity index (χ1) is 9.93. The molecule has 0 saturated carbocycles. The number of hydrogen-bond donors (Lipinski definition) is 0. The average molecular weight is 263 g/mol. The predicted molar refractivity (Wildman–Crippen MR) is 82.0 cm³/mol. The van der Waals surface area contributed by atoms with Gasteiger partial charge in [-0.05, 0) is 36.4 Å². The summed E-state index contributed by atoms with van der Waals surface area (Å²) in [6, 6.07) is 15.6. The standard InChI is InChI=1S/C15H11N3.C2H6/c1-3-8-16-13(5-1)12-7-10-18-15(11-12)14-6-2-4-9-17-14;1-2/h1-11H;1-2H3. The fraction of sp³-hybridized carbons (Fsp3) is 0.118. The molecule has 0 fully saturated rings. The summed E-state index contributed by atoms with van der Waals surface area (Å²) in [5.41, 5.74) is 3.72. The maximum atomic E-state index is 4.34. The Morgan fingerprint density at radius 3 is 1.80 bits per heavy atom. The predicted octanol–water partition coefficient (Wildman–Crippen LogP) is 4.23. The molecular formula is C17H17N3. The van der Waals surface area contributed by atoms with E-state index in [-0.39, 0.29) is 0 Å². The van der Waals surface area contributed by atoms with Gasteiger partial charge in [-0.15, -0.1) is 0 Å².